The van der Waals surface area contributed by atoms with Crippen molar-refractivity contribution >= 4 is 12.2 Å². The lowest BCUT2D eigenvalue weighted by molar-refractivity contribution is -0.918. The van der Waals surface area contributed by atoms with Gasteiger partial charge in [0.1, 0.15) is 6.54 Å². The molecule has 25 heavy (non-hydrogen) atoms. The summed E-state index contributed by atoms with van der Waals surface area (Å²) < 4.78 is 4.70. The smallest absolute Gasteiger partial charge is 0.337 e. The number of hydrazone groups is 1. The molecule has 1 N–H and O–H groups in total. The van der Waals surface area contributed by atoms with Crippen LogP contribution in [0.3, 0.4) is 0 Å². The largest absolute Gasteiger partial charge is 0.465 e. The number of piperazine rings is 1. The molecule has 130 valence electrons. The predicted molar refractivity (Wildman–Crippen MR) is 97.8 cm³/mol. The van der Waals surface area contributed by atoms with Crippen molar-refractivity contribution in [2.45, 2.75) is 6.54 Å². The van der Waals surface area contributed by atoms with E-state index >= 15 is 0 Å². The Kier molecular flexibility index (Phi) is 5.80. The average Bonchev–Trinajstić information content (AvgIpc) is 2.68. The number of ether oxygens (including phenoxy) is 1. The molecule has 1 fully saturated rings. The number of nitrogens with zero attached hydrogens (tertiary/aromatic N) is 2. The minimum atomic E-state index is -0.319. The number of methoxy groups -OCH3 is 1. The molecule has 0 aliphatic carbocycles. The summed E-state index contributed by atoms with van der Waals surface area (Å²) in [5, 5.41) is 6.68. The quantitative estimate of drug-likeness (QED) is 0.658. The molecule has 0 saturated carbocycles. The van der Waals surface area contributed by atoms with Gasteiger partial charge in [-0.1, -0.05) is 42.5 Å². The maximum absolute atomic E-state index is 11.4. The number of carbonyl (C=O) groups is 1. The van der Waals surface area contributed by atoms with Gasteiger partial charge in [-0.25, -0.2) is 4.79 Å². The summed E-state index contributed by atoms with van der Waals surface area (Å²) in [4.78, 5) is 13.0. The van der Waals surface area contributed by atoms with Gasteiger partial charge in [-0.15, -0.1) is 0 Å². The van der Waals surface area contributed by atoms with E-state index < -0.39 is 0 Å². The Balaban J connectivity index is 1.48. The molecule has 0 atom stereocenters. The Morgan fingerprint density at radius 1 is 1.12 bits per heavy atom. The Morgan fingerprint density at radius 2 is 1.80 bits per heavy atom. The van der Waals surface area contributed by atoms with E-state index in [2.05, 4.69) is 40.4 Å². The molecule has 0 spiro atoms. The van der Waals surface area contributed by atoms with Gasteiger partial charge in [-0.2, -0.15) is 5.10 Å². The molecule has 0 unspecified atom stereocenters. The van der Waals surface area contributed by atoms with Gasteiger partial charge in [0.05, 0.1) is 45.1 Å². The second-order valence-corrected chi connectivity index (χ2v) is 6.22. The Labute approximate surface area is 148 Å². The van der Waals surface area contributed by atoms with Crippen molar-refractivity contribution in [2.24, 2.45) is 5.10 Å². The Morgan fingerprint density at radius 3 is 2.44 bits per heavy atom. The summed E-state index contributed by atoms with van der Waals surface area (Å²) in [7, 11) is 1.39. The van der Waals surface area contributed by atoms with Crippen LogP contribution in [0.4, 0.5) is 0 Å². The van der Waals surface area contributed by atoms with E-state index in [1.54, 1.807) is 17.0 Å². The van der Waals surface area contributed by atoms with E-state index in [1.807, 2.05) is 18.3 Å². The highest BCUT2D eigenvalue weighted by molar-refractivity contribution is 5.90. The third-order valence-corrected chi connectivity index (χ3v) is 4.45. The van der Waals surface area contributed by atoms with Gasteiger partial charge in [0, 0.05) is 5.56 Å². The van der Waals surface area contributed by atoms with Crippen molar-refractivity contribution in [3.63, 3.8) is 0 Å². The van der Waals surface area contributed by atoms with Crippen molar-refractivity contribution in [1.82, 2.24) is 5.01 Å². The lowest BCUT2D eigenvalue weighted by Crippen LogP contribution is -3.13. The van der Waals surface area contributed by atoms with Crippen LogP contribution in [0.25, 0.3) is 0 Å². The minimum absolute atomic E-state index is 0.319. The molecule has 1 aliphatic rings. The van der Waals surface area contributed by atoms with Gasteiger partial charge in [0.15, 0.2) is 0 Å². The first kappa shape index (κ1) is 17.2. The van der Waals surface area contributed by atoms with Crippen molar-refractivity contribution in [3.8, 4) is 0 Å². The molecule has 0 radical (unpaired) electrons. The Bertz CT molecular complexity index is 705. The van der Waals surface area contributed by atoms with Gasteiger partial charge in [-0.05, 0) is 17.7 Å². The molecular weight excluding hydrogens is 314 g/mol. The molecule has 1 heterocycles. The molecular formula is C20H24N3O2+. The van der Waals surface area contributed by atoms with Crippen LogP contribution in [0.5, 0.6) is 0 Å². The number of rotatable bonds is 5. The van der Waals surface area contributed by atoms with E-state index in [0.29, 0.717) is 5.56 Å². The molecule has 5 heteroatoms. The molecule has 1 saturated heterocycles. The van der Waals surface area contributed by atoms with Gasteiger partial charge < -0.3 is 9.64 Å². The molecule has 2 aromatic carbocycles. The summed E-state index contributed by atoms with van der Waals surface area (Å²) >= 11 is 0. The van der Waals surface area contributed by atoms with Crippen LogP contribution >= 0.6 is 0 Å². The van der Waals surface area contributed by atoms with E-state index in [0.717, 1.165) is 38.3 Å². The fourth-order valence-corrected chi connectivity index (χ4v) is 2.96. The number of nitrogens with one attached hydrogen (secondary N) is 1. The molecule has 2 aromatic rings. The summed E-state index contributed by atoms with van der Waals surface area (Å²) in [5.41, 5.74) is 2.92. The lowest BCUT2D eigenvalue weighted by atomic mass is 10.1. The second-order valence-electron chi connectivity index (χ2n) is 6.22. The topological polar surface area (TPSA) is 46.3 Å². The van der Waals surface area contributed by atoms with Crippen LogP contribution in [0.15, 0.2) is 59.7 Å². The molecule has 0 aromatic heterocycles. The number of esters is 1. The molecule has 0 amide bonds. The Hall–Kier alpha value is -2.66. The molecule has 0 bridgehead atoms. The first-order valence-corrected chi connectivity index (χ1v) is 8.59. The van der Waals surface area contributed by atoms with E-state index in [4.69, 9.17) is 4.74 Å². The van der Waals surface area contributed by atoms with Crippen LogP contribution in [0.1, 0.15) is 21.5 Å². The number of benzene rings is 2. The maximum atomic E-state index is 11.4. The first-order chi connectivity index (χ1) is 12.2. The van der Waals surface area contributed by atoms with Crippen molar-refractivity contribution < 1.29 is 14.4 Å². The zero-order chi connectivity index (χ0) is 17.5. The molecule has 3 rings (SSSR count). The normalized spacial score (nSPS) is 15.5. The van der Waals surface area contributed by atoms with Gasteiger partial charge in [0.25, 0.3) is 0 Å². The number of hydrogen-bond donors (Lipinski definition) is 1. The third-order valence-electron chi connectivity index (χ3n) is 4.45. The monoisotopic (exact) mass is 338 g/mol. The van der Waals surface area contributed by atoms with Crippen LogP contribution in [-0.2, 0) is 11.3 Å². The summed E-state index contributed by atoms with van der Waals surface area (Å²) in [6.07, 6.45) is 1.85. The number of hydrogen-bond acceptors (Lipinski definition) is 4. The van der Waals surface area contributed by atoms with Gasteiger partial charge in [-0.3, -0.25) is 5.01 Å². The molecule has 5 nitrogen and oxygen atoms in total. The molecule has 1 aliphatic heterocycles. The van der Waals surface area contributed by atoms with E-state index in [1.165, 1.54) is 12.7 Å². The first-order valence-electron chi connectivity index (χ1n) is 8.59. The maximum Gasteiger partial charge on any atom is 0.337 e. The van der Waals surface area contributed by atoms with Crippen molar-refractivity contribution in [1.29, 1.82) is 0 Å². The van der Waals surface area contributed by atoms with Gasteiger partial charge >= 0.3 is 5.97 Å². The lowest BCUT2D eigenvalue weighted by Gasteiger charge is -2.30. The third kappa shape index (κ3) is 4.90. The highest BCUT2D eigenvalue weighted by Crippen LogP contribution is 2.04. The minimum Gasteiger partial charge on any atom is -0.465 e. The fourth-order valence-electron chi connectivity index (χ4n) is 2.96. The summed E-state index contributed by atoms with van der Waals surface area (Å²) in [6, 6.07) is 17.9. The van der Waals surface area contributed by atoms with Crippen molar-refractivity contribution in [3.05, 3.63) is 71.3 Å². The summed E-state index contributed by atoms with van der Waals surface area (Å²) in [6.45, 7) is 5.17. The van der Waals surface area contributed by atoms with Gasteiger partial charge in [0.2, 0.25) is 0 Å². The number of carbonyl (C=O) groups excluding carboxylic acids is 1. The fraction of sp³-hybridized carbons (Fsp3) is 0.300. The highest BCUT2D eigenvalue weighted by Gasteiger charge is 2.18. The summed E-state index contributed by atoms with van der Waals surface area (Å²) in [5.74, 6) is -0.319. The van der Waals surface area contributed by atoms with E-state index in [-0.39, 0.29) is 5.97 Å². The van der Waals surface area contributed by atoms with Crippen LogP contribution in [0.2, 0.25) is 0 Å². The SMILES string of the molecule is COC(=O)c1ccc(C=NN2CC[NH+](Cc3ccccc3)CC2)cc1. The van der Waals surface area contributed by atoms with Crippen LogP contribution in [0, 0.1) is 0 Å². The predicted octanol–water partition coefficient (Wildman–Crippen LogP) is 1.21. The number of quaternary nitrogens is 1. The average molecular weight is 338 g/mol. The van der Waals surface area contributed by atoms with Crippen LogP contribution in [-0.4, -0.2) is 50.5 Å². The standard InChI is InChI=1S/C20H23N3O2/c1-25-20(24)19-9-7-17(8-10-19)15-21-23-13-11-22(12-14-23)16-18-5-3-2-4-6-18/h2-10,15H,11-14,16H2,1H3/p+1. The van der Waals surface area contributed by atoms with E-state index in [9.17, 15) is 4.79 Å². The van der Waals surface area contributed by atoms with Crippen LogP contribution < -0.4 is 4.90 Å². The van der Waals surface area contributed by atoms with Crippen molar-refractivity contribution in [2.75, 3.05) is 33.3 Å². The second kappa shape index (κ2) is 8.44. The highest BCUT2D eigenvalue weighted by atomic mass is 16.5. The zero-order valence-corrected chi connectivity index (χ0v) is 14.5. The zero-order valence-electron chi connectivity index (χ0n) is 14.5.